The number of amides is 1. The maximum atomic E-state index is 12.1. The molecule has 0 aromatic carbocycles. The summed E-state index contributed by atoms with van der Waals surface area (Å²) in [5.74, 6) is 0.203. The monoisotopic (exact) mass is 266 g/mol. The molecule has 2 atom stereocenters. The third kappa shape index (κ3) is 3.12. The second-order valence-electron chi connectivity index (χ2n) is 4.96. The maximum Gasteiger partial charge on any atom is 0.224 e. The van der Waals surface area contributed by atoms with Gasteiger partial charge in [0.05, 0.1) is 6.04 Å². The van der Waals surface area contributed by atoms with Gasteiger partial charge in [-0.05, 0) is 42.8 Å². The van der Waals surface area contributed by atoms with Crippen molar-refractivity contribution < 1.29 is 4.79 Å². The molecule has 1 aliphatic rings. The lowest BCUT2D eigenvalue weighted by Gasteiger charge is -2.25. The molecular formula is C14H22N2OS. The van der Waals surface area contributed by atoms with Gasteiger partial charge in [-0.2, -0.15) is 0 Å². The third-order valence-electron chi connectivity index (χ3n) is 3.52. The summed E-state index contributed by atoms with van der Waals surface area (Å²) in [6.07, 6.45) is 3.43. The van der Waals surface area contributed by atoms with E-state index >= 15 is 0 Å². The van der Waals surface area contributed by atoms with Gasteiger partial charge in [-0.3, -0.25) is 4.79 Å². The van der Waals surface area contributed by atoms with Crippen LogP contribution in [0, 0.1) is 5.92 Å². The van der Waals surface area contributed by atoms with Gasteiger partial charge in [-0.25, -0.2) is 0 Å². The molecule has 0 aliphatic heterocycles. The lowest BCUT2D eigenvalue weighted by atomic mass is 9.93. The quantitative estimate of drug-likeness (QED) is 0.859. The molecule has 0 saturated carbocycles. The van der Waals surface area contributed by atoms with Gasteiger partial charge in [0.15, 0.2) is 0 Å². The number of hydrogen-bond acceptors (Lipinski definition) is 3. The van der Waals surface area contributed by atoms with Gasteiger partial charge in [0.1, 0.15) is 0 Å². The molecule has 18 heavy (non-hydrogen) atoms. The van der Waals surface area contributed by atoms with Crippen molar-refractivity contribution in [3.63, 3.8) is 0 Å². The molecule has 0 radical (unpaired) electrons. The van der Waals surface area contributed by atoms with E-state index in [9.17, 15) is 4.79 Å². The fraction of sp³-hybridized carbons (Fsp3) is 0.643. The van der Waals surface area contributed by atoms with Crippen molar-refractivity contribution in [2.45, 2.75) is 39.2 Å². The van der Waals surface area contributed by atoms with E-state index in [2.05, 4.69) is 29.0 Å². The first-order chi connectivity index (χ1) is 8.72. The molecule has 1 heterocycles. The van der Waals surface area contributed by atoms with E-state index < -0.39 is 0 Å². The molecule has 100 valence electrons. The van der Waals surface area contributed by atoms with E-state index in [1.807, 2.05) is 18.3 Å². The highest BCUT2D eigenvalue weighted by Crippen LogP contribution is 2.33. The number of hydrogen-bond donors (Lipinski definition) is 2. The zero-order valence-corrected chi connectivity index (χ0v) is 12.0. The van der Waals surface area contributed by atoms with Crippen molar-refractivity contribution in [3.05, 3.63) is 21.9 Å². The highest BCUT2D eigenvalue weighted by molar-refractivity contribution is 7.10. The van der Waals surface area contributed by atoms with Gasteiger partial charge in [0.2, 0.25) is 5.91 Å². The average Bonchev–Trinajstić information content (AvgIpc) is 2.85. The van der Waals surface area contributed by atoms with Gasteiger partial charge >= 0.3 is 0 Å². The smallest absolute Gasteiger partial charge is 0.224 e. The number of carbonyl (C=O) groups is 1. The highest BCUT2D eigenvalue weighted by Gasteiger charge is 2.24. The first-order valence-electron chi connectivity index (χ1n) is 6.79. The minimum atomic E-state index is 0.0361. The Bertz CT molecular complexity index is 402. The van der Waals surface area contributed by atoms with Gasteiger partial charge in [0.25, 0.3) is 0 Å². The van der Waals surface area contributed by atoms with Gasteiger partial charge in [-0.15, -0.1) is 11.3 Å². The normalized spacial score (nSPS) is 20.2. The SMILES string of the molecule is CCNCC(C)C(=O)NC1CCCc2sccc21. The summed E-state index contributed by atoms with van der Waals surface area (Å²) in [7, 11) is 0. The van der Waals surface area contributed by atoms with Crippen molar-refractivity contribution in [1.29, 1.82) is 0 Å². The predicted octanol–water partition coefficient (Wildman–Crippen LogP) is 2.49. The van der Waals surface area contributed by atoms with Crippen LogP contribution < -0.4 is 10.6 Å². The number of carbonyl (C=O) groups excluding carboxylic acids is 1. The Labute approximate surface area is 113 Å². The van der Waals surface area contributed by atoms with Crippen LogP contribution in [0.15, 0.2) is 11.4 Å². The van der Waals surface area contributed by atoms with E-state index in [-0.39, 0.29) is 17.9 Å². The van der Waals surface area contributed by atoms with E-state index in [0.717, 1.165) is 19.5 Å². The summed E-state index contributed by atoms with van der Waals surface area (Å²) in [5, 5.41) is 8.56. The minimum absolute atomic E-state index is 0.0361. The molecule has 1 aromatic heterocycles. The fourth-order valence-electron chi connectivity index (χ4n) is 2.40. The summed E-state index contributed by atoms with van der Waals surface area (Å²) in [5.41, 5.74) is 1.34. The Morgan fingerprint density at radius 1 is 1.61 bits per heavy atom. The second kappa shape index (κ2) is 6.34. The van der Waals surface area contributed by atoms with E-state index in [4.69, 9.17) is 0 Å². The van der Waals surface area contributed by atoms with Gasteiger partial charge < -0.3 is 10.6 Å². The molecule has 0 fully saturated rings. The van der Waals surface area contributed by atoms with Crippen LogP contribution in [0.4, 0.5) is 0 Å². The standard InChI is InChI=1S/C14H22N2OS/c1-3-15-9-10(2)14(17)16-12-5-4-6-13-11(12)7-8-18-13/h7-8,10,12,15H,3-6,9H2,1-2H3,(H,16,17). The molecule has 1 amide bonds. The van der Waals surface area contributed by atoms with Crippen LogP contribution in [0.5, 0.6) is 0 Å². The van der Waals surface area contributed by atoms with Crippen LogP contribution >= 0.6 is 11.3 Å². The Balaban J connectivity index is 1.93. The van der Waals surface area contributed by atoms with Crippen LogP contribution in [0.1, 0.15) is 43.2 Å². The zero-order chi connectivity index (χ0) is 13.0. The molecular weight excluding hydrogens is 244 g/mol. The summed E-state index contributed by atoms with van der Waals surface area (Å²) >= 11 is 1.81. The molecule has 3 nitrogen and oxygen atoms in total. The minimum Gasteiger partial charge on any atom is -0.349 e. The Kier molecular flexibility index (Phi) is 4.78. The summed E-state index contributed by atoms with van der Waals surface area (Å²) in [6.45, 7) is 5.71. The molecule has 0 bridgehead atoms. The van der Waals surface area contributed by atoms with Gasteiger partial charge in [-0.1, -0.05) is 13.8 Å². The summed E-state index contributed by atoms with van der Waals surface area (Å²) in [6, 6.07) is 2.40. The number of aryl methyl sites for hydroxylation is 1. The Hall–Kier alpha value is -0.870. The number of rotatable bonds is 5. The van der Waals surface area contributed by atoms with E-state index in [0.29, 0.717) is 0 Å². The molecule has 2 unspecified atom stereocenters. The van der Waals surface area contributed by atoms with Crippen molar-refractivity contribution >= 4 is 17.2 Å². The number of nitrogens with one attached hydrogen (secondary N) is 2. The van der Waals surface area contributed by atoms with Crippen molar-refractivity contribution in [1.82, 2.24) is 10.6 Å². The van der Waals surface area contributed by atoms with Crippen LogP contribution in [-0.2, 0) is 11.2 Å². The molecule has 0 saturated heterocycles. The molecule has 2 rings (SSSR count). The van der Waals surface area contributed by atoms with E-state index in [1.54, 1.807) is 0 Å². The van der Waals surface area contributed by atoms with Crippen LogP contribution in [-0.4, -0.2) is 19.0 Å². The van der Waals surface area contributed by atoms with Gasteiger partial charge in [0, 0.05) is 17.3 Å². The predicted molar refractivity (Wildman–Crippen MR) is 75.8 cm³/mol. The van der Waals surface area contributed by atoms with Crippen LogP contribution in [0.3, 0.4) is 0 Å². The molecule has 0 spiro atoms. The van der Waals surface area contributed by atoms with Crippen LogP contribution in [0.2, 0.25) is 0 Å². The topological polar surface area (TPSA) is 41.1 Å². The number of thiophene rings is 1. The lowest BCUT2D eigenvalue weighted by Crippen LogP contribution is -2.38. The highest BCUT2D eigenvalue weighted by atomic mass is 32.1. The van der Waals surface area contributed by atoms with Crippen molar-refractivity contribution in [2.24, 2.45) is 5.92 Å². The maximum absolute atomic E-state index is 12.1. The Morgan fingerprint density at radius 3 is 3.22 bits per heavy atom. The van der Waals surface area contributed by atoms with Crippen LogP contribution in [0.25, 0.3) is 0 Å². The molecule has 1 aliphatic carbocycles. The van der Waals surface area contributed by atoms with Crippen molar-refractivity contribution in [3.8, 4) is 0 Å². The largest absolute Gasteiger partial charge is 0.349 e. The zero-order valence-electron chi connectivity index (χ0n) is 11.2. The molecule has 2 N–H and O–H groups in total. The van der Waals surface area contributed by atoms with E-state index in [1.165, 1.54) is 23.3 Å². The first-order valence-corrected chi connectivity index (χ1v) is 7.67. The fourth-order valence-corrected chi connectivity index (χ4v) is 3.39. The lowest BCUT2D eigenvalue weighted by molar-refractivity contribution is -0.125. The average molecular weight is 266 g/mol. The summed E-state index contributed by atoms with van der Waals surface area (Å²) < 4.78 is 0. The molecule has 4 heteroatoms. The first kappa shape index (κ1) is 13.6. The van der Waals surface area contributed by atoms with Crippen molar-refractivity contribution in [2.75, 3.05) is 13.1 Å². The summed E-state index contributed by atoms with van der Waals surface area (Å²) in [4.78, 5) is 13.6. The molecule has 1 aromatic rings. The Morgan fingerprint density at radius 2 is 2.44 bits per heavy atom. The second-order valence-corrected chi connectivity index (χ2v) is 5.96. The third-order valence-corrected chi connectivity index (χ3v) is 4.51. The number of fused-ring (bicyclic) bond motifs is 1.